The van der Waals surface area contributed by atoms with Gasteiger partial charge >= 0.3 is 11.9 Å². The number of hydrogen-bond donors (Lipinski definition) is 3. The molecule has 286 valence electrons. The number of aliphatic hydroxyl groups excluding tert-OH is 1. The van der Waals surface area contributed by atoms with E-state index in [0.29, 0.717) is 31.2 Å². The highest BCUT2D eigenvalue weighted by atomic mass is 16.5. The number of piperidine rings is 1. The molecule has 3 N–H and O–H groups in total. The molecule has 2 aliphatic carbocycles. The first-order valence-electron chi connectivity index (χ1n) is 19.9. The number of nitrogens with one attached hydrogen (secondary N) is 2. The number of aromatic nitrogens is 2. The van der Waals surface area contributed by atoms with Gasteiger partial charge in [0.15, 0.2) is 0 Å². The lowest BCUT2D eigenvalue weighted by molar-refractivity contribution is -0.169. The maximum Gasteiger partial charge on any atom is 0.319 e. The van der Waals surface area contributed by atoms with Crippen LogP contribution in [0, 0.1) is 23.2 Å². The van der Waals surface area contributed by atoms with Crippen LogP contribution in [0.1, 0.15) is 73.5 Å². The number of H-pyrrole nitrogens is 1. The number of para-hydroxylation sites is 1. The highest BCUT2D eigenvalue weighted by molar-refractivity contribution is 5.94. The summed E-state index contributed by atoms with van der Waals surface area (Å²) in [7, 11) is 6.79. The predicted molar refractivity (Wildman–Crippen MR) is 208 cm³/mol. The Labute approximate surface area is 317 Å². The number of methoxy groups -OCH3 is 3. The Morgan fingerprint density at radius 3 is 2.57 bits per heavy atom. The molecule has 5 heterocycles. The number of aromatic amines is 1. The first-order chi connectivity index (χ1) is 26.2. The van der Waals surface area contributed by atoms with Gasteiger partial charge in [0.05, 0.1) is 33.5 Å². The largest absolute Gasteiger partial charge is 0.496 e. The summed E-state index contributed by atoms with van der Waals surface area (Å²) in [6, 6.07) is 12.7. The molecule has 10 nitrogen and oxygen atoms in total. The molecule has 5 aliphatic rings. The normalized spacial score (nSPS) is 32.5. The van der Waals surface area contributed by atoms with Gasteiger partial charge in [0.2, 0.25) is 0 Å². The monoisotopic (exact) mass is 734 g/mol. The first kappa shape index (κ1) is 35.6. The van der Waals surface area contributed by atoms with Crippen LogP contribution in [0.15, 0.2) is 48.0 Å². The second-order valence-electron chi connectivity index (χ2n) is 16.8. The van der Waals surface area contributed by atoms with Crippen molar-refractivity contribution in [2.45, 2.75) is 82.3 Å². The molecule has 4 bridgehead atoms. The van der Waals surface area contributed by atoms with Crippen molar-refractivity contribution in [1.29, 1.82) is 0 Å². The van der Waals surface area contributed by atoms with Crippen LogP contribution >= 0.6 is 0 Å². The number of aliphatic hydroxyl groups is 1. The average Bonchev–Trinajstić information content (AvgIpc) is 3.62. The lowest BCUT2D eigenvalue weighted by Crippen LogP contribution is -2.63. The van der Waals surface area contributed by atoms with Gasteiger partial charge in [-0.05, 0) is 87.7 Å². The zero-order valence-corrected chi connectivity index (χ0v) is 32.5. The lowest BCUT2D eigenvalue weighted by Gasteiger charge is -2.53. The number of carbonyl (C=O) groups excluding carboxylic acids is 2. The van der Waals surface area contributed by atoms with Crippen molar-refractivity contribution in [2.75, 3.05) is 48.1 Å². The third-order valence-corrected chi connectivity index (χ3v) is 14.7. The Morgan fingerprint density at radius 1 is 1.06 bits per heavy atom. The summed E-state index contributed by atoms with van der Waals surface area (Å²) in [4.78, 5) is 34.6. The number of likely N-dealkylation sites (tertiary alicyclic amines) is 1. The fraction of sp³-hybridized carbons (Fsp3) is 0.545. The molecule has 2 aromatic heterocycles. The first-order valence-corrected chi connectivity index (χ1v) is 19.9. The smallest absolute Gasteiger partial charge is 0.319 e. The summed E-state index contributed by atoms with van der Waals surface area (Å²) in [5.41, 5.74) is 7.00. The molecule has 2 aromatic carbocycles. The highest BCUT2D eigenvalue weighted by Crippen LogP contribution is 2.57. The number of esters is 2. The molecular formula is C44H54N4O6. The number of rotatable bonds is 6. The average molecular weight is 735 g/mol. The van der Waals surface area contributed by atoms with Crippen LogP contribution in [-0.2, 0) is 43.9 Å². The van der Waals surface area contributed by atoms with Crippen LogP contribution in [0.5, 0.6) is 5.75 Å². The van der Waals surface area contributed by atoms with Crippen LogP contribution in [0.25, 0.3) is 21.8 Å². The van der Waals surface area contributed by atoms with E-state index in [1.165, 1.54) is 12.7 Å². The van der Waals surface area contributed by atoms with Crippen LogP contribution in [0.3, 0.4) is 0 Å². The highest BCUT2D eigenvalue weighted by Gasteiger charge is 2.61. The third-order valence-electron chi connectivity index (χ3n) is 14.7. The molecular weight excluding hydrogens is 681 g/mol. The Balaban J connectivity index is 1.32. The van der Waals surface area contributed by atoms with Gasteiger partial charge < -0.3 is 34.2 Å². The van der Waals surface area contributed by atoms with Gasteiger partial charge in [-0.25, -0.2) is 0 Å². The van der Waals surface area contributed by atoms with Gasteiger partial charge in [-0.1, -0.05) is 43.2 Å². The molecule has 54 heavy (non-hydrogen) atoms. The van der Waals surface area contributed by atoms with E-state index in [1.54, 1.807) is 14.2 Å². The number of ether oxygens (including phenoxy) is 3. The van der Waals surface area contributed by atoms with Crippen LogP contribution in [0.4, 0.5) is 0 Å². The number of fused-ring (bicyclic) bond motifs is 9. The second-order valence-corrected chi connectivity index (χ2v) is 16.8. The predicted octanol–water partition coefficient (Wildman–Crippen LogP) is 5.61. The van der Waals surface area contributed by atoms with Crippen LogP contribution in [-0.4, -0.2) is 91.7 Å². The number of allylic oxidation sites excluding steroid dienone is 1. The summed E-state index contributed by atoms with van der Waals surface area (Å²) in [5, 5.41) is 17.6. The standard InChI is InChI=1S/C44H54N4O6/c1-7-25-15-24-20-43(41(50)53-5)39(25)45-14-13-28-29-16-30(36(52-4)19-35(29)48(21-24)40(28)43)31-17-33-26(8-2)22-47(3)37(44(33,23-49)42(51)54-6)18-32-27-11-9-10-12-34(27)46-38(31)32/h8-12,16,19,24-25,31,33,37,39,45-46,49H,7,13-15,17-18,20-23H2,1-6H3/b26-8-/t24-,25+,31+,33-,37+,39+,43+,44+/m1/s1. The van der Waals surface area contributed by atoms with Gasteiger partial charge in [0.25, 0.3) is 0 Å². The molecule has 3 aliphatic heterocycles. The molecule has 9 rings (SSSR count). The Kier molecular flexibility index (Phi) is 8.56. The van der Waals surface area contributed by atoms with E-state index in [9.17, 15) is 14.7 Å². The van der Waals surface area contributed by atoms with E-state index in [2.05, 4.69) is 76.2 Å². The molecule has 10 heteroatoms. The number of likely N-dealkylation sites (N-methyl/N-ethyl adjacent to an activating group) is 1. The second kappa shape index (κ2) is 13.0. The van der Waals surface area contributed by atoms with E-state index >= 15 is 0 Å². The van der Waals surface area contributed by atoms with Crippen molar-refractivity contribution in [1.82, 2.24) is 19.8 Å². The molecule has 0 radical (unpaired) electrons. The fourth-order valence-corrected chi connectivity index (χ4v) is 12.5. The molecule has 0 spiro atoms. The number of hydrogen-bond acceptors (Lipinski definition) is 8. The van der Waals surface area contributed by atoms with E-state index in [-0.39, 0.29) is 42.5 Å². The van der Waals surface area contributed by atoms with Crippen LogP contribution in [0.2, 0.25) is 0 Å². The van der Waals surface area contributed by atoms with E-state index in [1.807, 2.05) is 6.92 Å². The molecule has 8 atom stereocenters. The Bertz CT molecular complexity index is 2200. The minimum Gasteiger partial charge on any atom is -0.496 e. The Hall–Kier alpha value is -4.12. The zero-order chi connectivity index (χ0) is 37.7. The third kappa shape index (κ3) is 4.62. The molecule has 1 saturated carbocycles. The number of carbonyl (C=O) groups is 2. The van der Waals surface area contributed by atoms with Crippen molar-refractivity contribution in [3.05, 3.63) is 76.1 Å². The summed E-state index contributed by atoms with van der Waals surface area (Å²) >= 11 is 0. The van der Waals surface area contributed by atoms with Gasteiger partial charge in [-0.3, -0.25) is 14.5 Å². The molecule has 2 fully saturated rings. The fourth-order valence-electron chi connectivity index (χ4n) is 12.5. The number of nitrogens with zero attached hydrogens (tertiary/aromatic N) is 2. The number of benzene rings is 2. The quantitative estimate of drug-likeness (QED) is 0.173. The van der Waals surface area contributed by atoms with E-state index in [4.69, 9.17) is 14.2 Å². The maximum atomic E-state index is 14.3. The molecule has 0 unspecified atom stereocenters. The van der Waals surface area contributed by atoms with Crippen molar-refractivity contribution in [2.24, 2.45) is 23.2 Å². The summed E-state index contributed by atoms with van der Waals surface area (Å²) in [5.74, 6) is 0.546. The lowest BCUT2D eigenvalue weighted by atomic mass is 9.58. The van der Waals surface area contributed by atoms with Crippen molar-refractivity contribution in [3.8, 4) is 5.75 Å². The van der Waals surface area contributed by atoms with E-state index in [0.717, 1.165) is 94.4 Å². The summed E-state index contributed by atoms with van der Waals surface area (Å²) in [6.45, 7) is 6.32. The van der Waals surface area contributed by atoms with E-state index < -0.39 is 10.8 Å². The van der Waals surface area contributed by atoms with Crippen molar-refractivity contribution < 1.29 is 28.9 Å². The minimum absolute atomic E-state index is 0.0123. The minimum atomic E-state index is -1.17. The summed E-state index contributed by atoms with van der Waals surface area (Å²) in [6.07, 6.45) is 6.96. The zero-order valence-electron chi connectivity index (χ0n) is 32.5. The maximum absolute atomic E-state index is 14.3. The summed E-state index contributed by atoms with van der Waals surface area (Å²) < 4.78 is 20.2. The van der Waals surface area contributed by atoms with Gasteiger partial charge in [-0.2, -0.15) is 0 Å². The van der Waals surface area contributed by atoms with Gasteiger partial charge in [-0.15, -0.1) is 0 Å². The van der Waals surface area contributed by atoms with Crippen molar-refractivity contribution >= 4 is 33.7 Å². The van der Waals surface area contributed by atoms with Gasteiger partial charge in [0.1, 0.15) is 16.6 Å². The molecule has 4 aromatic rings. The SMILES string of the molecule is C/C=C1/CN(C)[C@H]2Cc3c([nH]c4ccccc34)[C@H](c3cc4c5c6n(c4cc3OC)C[C@@H]3C[C@H](CC)[C@H](NCC5)[C@@]6(C(=O)OC)C3)C[C@H]1[C@]2(CO)C(=O)OC. The molecule has 1 saturated heterocycles. The Morgan fingerprint density at radius 2 is 1.85 bits per heavy atom. The topological polar surface area (TPSA) is 118 Å². The van der Waals surface area contributed by atoms with Crippen LogP contribution < -0.4 is 10.1 Å². The van der Waals surface area contributed by atoms with Crippen molar-refractivity contribution in [3.63, 3.8) is 0 Å². The van der Waals surface area contributed by atoms with Gasteiger partial charge in [0, 0.05) is 76.3 Å². The molecule has 0 amide bonds.